The number of fused-ring (bicyclic) bond motifs is 3. The van der Waals surface area contributed by atoms with Crippen LogP contribution in [0.3, 0.4) is 0 Å². The van der Waals surface area contributed by atoms with E-state index >= 15 is 0 Å². The second kappa shape index (κ2) is 6.39. The molecule has 138 valence electrons. The maximum atomic E-state index is 13.0. The Morgan fingerprint density at radius 1 is 0.962 bits per heavy atom. The third kappa shape index (κ3) is 2.83. The lowest BCUT2D eigenvalue weighted by Crippen LogP contribution is -2.36. The first-order valence-electron chi connectivity index (χ1n) is 9.31. The van der Waals surface area contributed by atoms with Gasteiger partial charge in [0.2, 0.25) is 9.84 Å². The van der Waals surface area contributed by atoms with Gasteiger partial charge in [0, 0.05) is 36.8 Å². The molecule has 0 aromatic heterocycles. The zero-order chi connectivity index (χ0) is 18.5. The number of likely N-dealkylation sites (N-methyl/N-ethyl adjacent to an activating group) is 1. The molecule has 1 fully saturated rings. The molecule has 4 atom stereocenters. The number of benzene rings is 2. The predicted octanol–water partition coefficient (Wildman–Crippen LogP) is 3.58. The van der Waals surface area contributed by atoms with Crippen LogP contribution in [0.5, 0.6) is 0 Å². The second-order valence-corrected chi connectivity index (χ2v) is 9.71. The minimum Gasteiger partial charge on any atom is -0.371 e. The van der Waals surface area contributed by atoms with Gasteiger partial charge in [-0.25, -0.2) is 8.42 Å². The van der Waals surface area contributed by atoms with E-state index in [4.69, 9.17) is 0 Å². The van der Waals surface area contributed by atoms with Crippen molar-refractivity contribution in [2.24, 2.45) is 0 Å². The zero-order valence-electron chi connectivity index (χ0n) is 15.5. The minimum absolute atomic E-state index is 0.354. The van der Waals surface area contributed by atoms with Gasteiger partial charge < -0.3 is 10.2 Å². The van der Waals surface area contributed by atoms with Crippen molar-refractivity contribution in [2.45, 2.75) is 60.5 Å². The van der Waals surface area contributed by atoms with Gasteiger partial charge >= 0.3 is 0 Å². The lowest BCUT2D eigenvalue weighted by atomic mass is 9.88. The average molecular weight is 371 g/mol. The molecule has 5 heteroatoms. The van der Waals surface area contributed by atoms with Gasteiger partial charge in [-0.2, -0.15) is 0 Å². The molecular weight excluding hydrogens is 344 g/mol. The molecule has 2 aromatic rings. The third-order valence-electron chi connectivity index (χ3n) is 5.88. The Morgan fingerprint density at radius 2 is 1.65 bits per heavy atom. The maximum absolute atomic E-state index is 13.0. The van der Waals surface area contributed by atoms with Crippen LogP contribution in [-0.4, -0.2) is 33.6 Å². The van der Waals surface area contributed by atoms with E-state index in [1.807, 2.05) is 18.2 Å². The molecule has 0 radical (unpaired) electrons. The summed E-state index contributed by atoms with van der Waals surface area (Å²) < 4.78 is 26.1. The van der Waals surface area contributed by atoms with Crippen LogP contribution in [-0.2, 0) is 9.84 Å². The van der Waals surface area contributed by atoms with Crippen molar-refractivity contribution >= 4 is 15.5 Å². The topological polar surface area (TPSA) is 49.4 Å². The highest BCUT2D eigenvalue weighted by Gasteiger charge is 2.40. The normalized spacial score (nSPS) is 28.3. The van der Waals surface area contributed by atoms with Crippen LogP contribution in [0.15, 0.2) is 58.3 Å². The first-order valence-corrected chi connectivity index (χ1v) is 10.8. The molecule has 0 amide bonds. The summed E-state index contributed by atoms with van der Waals surface area (Å²) in [6.07, 6.45) is 2.10. The van der Waals surface area contributed by atoms with Gasteiger partial charge in [0.1, 0.15) is 0 Å². The molecule has 0 bridgehead atoms. The van der Waals surface area contributed by atoms with E-state index in [9.17, 15) is 8.42 Å². The highest BCUT2D eigenvalue weighted by Crippen LogP contribution is 2.46. The highest BCUT2D eigenvalue weighted by atomic mass is 32.2. The van der Waals surface area contributed by atoms with Crippen molar-refractivity contribution in [3.05, 3.63) is 54.1 Å². The van der Waals surface area contributed by atoms with Gasteiger partial charge in [0.25, 0.3) is 0 Å². The van der Waals surface area contributed by atoms with Gasteiger partial charge in [-0.05, 0) is 62.6 Å². The largest absolute Gasteiger partial charge is 0.371 e. The molecule has 3 unspecified atom stereocenters. The van der Waals surface area contributed by atoms with Crippen molar-refractivity contribution in [3.63, 3.8) is 0 Å². The number of sulfone groups is 1. The monoisotopic (exact) mass is 370 g/mol. The van der Waals surface area contributed by atoms with Gasteiger partial charge in [-0.3, -0.25) is 0 Å². The Morgan fingerprint density at radius 3 is 2.38 bits per heavy atom. The Labute approximate surface area is 156 Å². The van der Waals surface area contributed by atoms with Gasteiger partial charge in [-0.1, -0.05) is 18.2 Å². The molecule has 4 nitrogen and oxygen atoms in total. The fourth-order valence-corrected chi connectivity index (χ4v) is 6.00. The van der Waals surface area contributed by atoms with Gasteiger partial charge in [-0.15, -0.1) is 0 Å². The summed E-state index contributed by atoms with van der Waals surface area (Å²) in [6.45, 7) is 4.46. The molecule has 2 aliphatic rings. The predicted molar refractivity (Wildman–Crippen MR) is 105 cm³/mol. The molecular formula is C21H26N2O2S. The van der Waals surface area contributed by atoms with E-state index < -0.39 is 9.84 Å². The molecule has 2 heterocycles. The SMILES string of the molecule is CC1CC2c3cc(S(=O)(=O)c4ccccc4)ccc3N(C)[C@@H]2CC(C)N1. The van der Waals surface area contributed by atoms with E-state index in [0.717, 1.165) is 12.8 Å². The number of hydrogen-bond acceptors (Lipinski definition) is 4. The first kappa shape index (κ1) is 17.6. The molecule has 0 saturated carbocycles. The summed E-state index contributed by atoms with van der Waals surface area (Å²) in [5, 5.41) is 3.65. The van der Waals surface area contributed by atoms with E-state index in [-0.39, 0.29) is 0 Å². The van der Waals surface area contributed by atoms with Crippen molar-refractivity contribution in [2.75, 3.05) is 11.9 Å². The van der Waals surface area contributed by atoms with Crippen LogP contribution in [0.1, 0.15) is 38.2 Å². The van der Waals surface area contributed by atoms with E-state index in [1.165, 1.54) is 11.3 Å². The molecule has 0 aliphatic carbocycles. The van der Waals surface area contributed by atoms with E-state index in [0.29, 0.717) is 33.8 Å². The van der Waals surface area contributed by atoms with Crippen LogP contribution < -0.4 is 10.2 Å². The highest BCUT2D eigenvalue weighted by molar-refractivity contribution is 7.91. The number of nitrogens with one attached hydrogen (secondary N) is 1. The lowest BCUT2D eigenvalue weighted by Gasteiger charge is -2.26. The number of rotatable bonds is 2. The van der Waals surface area contributed by atoms with E-state index in [2.05, 4.69) is 31.1 Å². The van der Waals surface area contributed by atoms with Crippen molar-refractivity contribution in [1.29, 1.82) is 0 Å². The summed E-state index contributed by atoms with van der Waals surface area (Å²) in [6, 6.07) is 15.7. The number of hydrogen-bond donors (Lipinski definition) is 1. The summed E-state index contributed by atoms with van der Waals surface area (Å²) in [7, 11) is -1.35. The fourth-order valence-electron chi connectivity index (χ4n) is 4.68. The van der Waals surface area contributed by atoms with Crippen molar-refractivity contribution in [3.8, 4) is 0 Å². The van der Waals surface area contributed by atoms with Crippen molar-refractivity contribution in [1.82, 2.24) is 5.32 Å². The third-order valence-corrected chi connectivity index (χ3v) is 7.64. The molecule has 4 rings (SSSR count). The molecule has 0 spiro atoms. The summed E-state index contributed by atoms with van der Waals surface area (Å²) in [4.78, 5) is 3.09. The average Bonchev–Trinajstić information content (AvgIpc) is 2.77. The van der Waals surface area contributed by atoms with Crippen LogP contribution in [0.25, 0.3) is 0 Å². The fraction of sp³-hybridized carbons (Fsp3) is 0.429. The quantitative estimate of drug-likeness (QED) is 0.878. The minimum atomic E-state index is -3.48. The smallest absolute Gasteiger partial charge is 0.206 e. The summed E-state index contributed by atoms with van der Waals surface area (Å²) in [5.41, 5.74) is 2.35. The van der Waals surface area contributed by atoms with Crippen molar-refractivity contribution < 1.29 is 8.42 Å². The summed E-state index contributed by atoms with van der Waals surface area (Å²) >= 11 is 0. The molecule has 2 aliphatic heterocycles. The van der Waals surface area contributed by atoms with Crippen LogP contribution in [0.4, 0.5) is 5.69 Å². The van der Waals surface area contributed by atoms with Crippen LogP contribution in [0, 0.1) is 0 Å². The molecule has 1 N–H and O–H groups in total. The van der Waals surface area contributed by atoms with E-state index in [1.54, 1.807) is 30.3 Å². The number of anilines is 1. The molecule has 26 heavy (non-hydrogen) atoms. The Bertz CT molecular complexity index is 911. The number of nitrogens with zero attached hydrogens (tertiary/aromatic N) is 1. The molecule has 2 aromatic carbocycles. The standard InChI is InChI=1S/C21H26N2O2S/c1-14-11-18-19-13-17(26(24,25)16-7-5-4-6-8-16)9-10-20(19)23(3)21(18)12-15(2)22-14/h4-10,13-15,18,21-22H,11-12H2,1-3H3/t14?,15?,18?,21-/m1/s1. The van der Waals surface area contributed by atoms with Crippen LogP contribution >= 0.6 is 0 Å². The Balaban J connectivity index is 1.78. The van der Waals surface area contributed by atoms with Gasteiger partial charge in [0.15, 0.2) is 0 Å². The summed E-state index contributed by atoms with van der Waals surface area (Å²) in [5.74, 6) is 0.369. The van der Waals surface area contributed by atoms with Gasteiger partial charge in [0.05, 0.1) is 9.79 Å². The zero-order valence-corrected chi connectivity index (χ0v) is 16.3. The lowest BCUT2D eigenvalue weighted by molar-refractivity contribution is 0.466. The maximum Gasteiger partial charge on any atom is 0.206 e. The Kier molecular flexibility index (Phi) is 4.32. The molecule has 1 saturated heterocycles. The first-order chi connectivity index (χ1) is 12.4. The van der Waals surface area contributed by atoms with Crippen LogP contribution in [0.2, 0.25) is 0 Å². The Hall–Kier alpha value is -1.85. The second-order valence-electron chi connectivity index (χ2n) is 7.76.